The smallest absolute Gasteiger partial charge is 0.270 e. The maximum Gasteiger partial charge on any atom is 0.270 e. The number of anilines is 1. The SMILES string of the molecule is CC1CC(C)CN(C(=O)c2cc(N)cn2C2CC2)C1. The molecule has 4 nitrogen and oxygen atoms in total. The number of carbonyl (C=O) groups excluding carboxylic acids is 1. The van der Waals surface area contributed by atoms with Gasteiger partial charge in [0.25, 0.3) is 5.91 Å². The third kappa shape index (κ3) is 2.48. The molecule has 104 valence electrons. The van der Waals surface area contributed by atoms with Crippen LogP contribution in [0.15, 0.2) is 12.3 Å². The predicted molar refractivity (Wildman–Crippen MR) is 76.0 cm³/mol. The van der Waals surface area contributed by atoms with Crippen LogP contribution >= 0.6 is 0 Å². The number of hydrogen-bond donors (Lipinski definition) is 1. The maximum atomic E-state index is 12.7. The van der Waals surface area contributed by atoms with Gasteiger partial charge in [-0.15, -0.1) is 0 Å². The Bertz CT molecular complexity index is 480. The number of piperidine rings is 1. The molecule has 0 aromatic carbocycles. The average Bonchev–Trinajstić information content (AvgIpc) is 3.10. The van der Waals surface area contributed by atoms with Crippen LogP contribution < -0.4 is 5.73 Å². The molecule has 1 aromatic heterocycles. The fourth-order valence-electron chi connectivity index (χ4n) is 3.32. The molecule has 1 aromatic rings. The van der Waals surface area contributed by atoms with Gasteiger partial charge in [-0.2, -0.15) is 0 Å². The number of nitrogen functional groups attached to an aromatic ring is 1. The van der Waals surface area contributed by atoms with Crippen molar-refractivity contribution in [2.45, 2.75) is 39.2 Å². The molecule has 1 aliphatic carbocycles. The summed E-state index contributed by atoms with van der Waals surface area (Å²) in [5.41, 5.74) is 7.36. The van der Waals surface area contributed by atoms with Gasteiger partial charge in [-0.05, 0) is 37.2 Å². The topological polar surface area (TPSA) is 51.3 Å². The Hall–Kier alpha value is -1.45. The van der Waals surface area contributed by atoms with E-state index in [2.05, 4.69) is 18.4 Å². The number of carbonyl (C=O) groups is 1. The predicted octanol–water partition coefficient (Wildman–Crippen LogP) is 2.52. The molecule has 1 amide bonds. The van der Waals surface area contributed by atoms with E-state index in [4.69, 9.17) is 5.73 Å². The van der Waals surface area contributed by atoms with E-state index in [1.807, 2.05) is 17.2 Å². The third-order valence-electron chi connectivity index (χ3n) is 4.19. The van der Waals surface area contributed by atoms with E-state index >= 15 is 0 Å². The van der Waals surface area contributed by atoms with E-state index in [9.17, 15) is 4.79 Å². The zero-order valence-electron chi connectivity index (χ0n) is 11.8. The van der Waals surface area contributed by atoms with Crippen molar-refractivity contribution in [2.24, 2.45) is 11.8 Å². The fourth-order valence-corrected chi connectivity index (χ4v) is 3.32. The number of aromatic nitrogens is 1. The molecule has 1 aliphatic heterocycles. The minimum absolute atomic E-state index is 0.155. The molecular weight excluding hydrogens is 238 g/mol. The first-order valence-corrected chi connectivity index (χ1v) is 7.31. The maximum absolute atomic E-state index is 12.7. The Morgan fingerprint density at radius 3 is 2.47 bits per heavy atom. The van der Waals surface area contributed by atoms with Crippen molar-refractivity contribution in [3.05, 3.63) is 18.0 Å². The summed E-state index contributed by atoms with van der Waals surface area (Å²) in [5, 5.41) is 0. The number of nitrogens with two attached hydrogens (primary N) is 1. The zero-order valence-corrected chi connectivity index (χ0v) is 11.8. The van der Waals surface area contributed by atoms with E-state index in [0.29, 0.717) is 23.6 Å². The van der Waals surface area contributed by atoms with E-state index in [1.54, 1.807) is 0 Å². The summed E-state index contributed by atoms with van der Waals surface area (Å²) in [6.45, 7) is 6.20. The quantitative estimate of drug-likeness (QED) is 0.889. The minimum atomic E-state index is 0.155. The summed E-state index contributed by atoms with van der Waals surface area (Å²) in [6, 6.07) is 2.33. The molecule has 19 heavy (non-hydrogen) atoms. The lowest BCUT2D eigenvalue weighted by Gasteiger charge is -2.35. The highest BCUT2D eigenvalue weighted by molar-refractivity contribution is 5.94. The van der Waals surface area contributed by atoms with Gasteiger partial charge >= 0.3 is 0 Å². The van der Waals surface area contributed by atoms with Crippen LogP contribution in [0.1, 0.15) is 49.6 Å². The van der Waals surface area contributed by atoms with Crippen LogP contribution in [0, 0.1) is 11.8 Å². The lowest BCUT2D eigenvalue weighted by Crippen LogP contribution is -2.43. The molecule has 2 N–H and O–H groups in total. The second-order valence-electron chi connectivity index (χ2n) is 6.45. The highest BCUT2D eigenvalue weighted by atomic mass is 16.2. The molecule has 2 aliphatic rings. The number of nitrogens with zero attached hydrogens (tertiary/aromatic N) is 2. The van der Waals surface area contributed by atoms with Crippen LogP contribution in [0.5, 0.6) is 0 Å². The van der Waals surface area contributed by atoms with E-state index < -0.39 is 0 Å². The highest BCUT2D eigenvalue weighted by Crippen LogP contribution is 2.37. The second-order valence-corrected chi connectivity index (χ2v) is 6.45. The van der Waals surface area contributed by atoms with Crippen molar-refractivity contribution in [3.8, 4) is 0 Å². The van der Waals surface area contributed by atoms with Crippen molar-refractivity contribution in [2.75, 3.05) is 18.8 Å². The van der Waals surface area contributed by atoms with Crippen LogP contribution in [0.3, 0.4) is 0 Å². The lowest BCUT2D eigenvalue weighted by molar-refractivity contribution is 0.0612. The van der Waals surface area contributed by atoms with Crippen molar-refractivity contribution in [3.63, 3.8) is 0 Å². The monoisotopic (exact) mass is 261 g/mol. The molecule has 3 rings (SSSR count). The summed E-state index contributed by atoms with van der Waals surface area (Å²) in [6.07, 6.45) is 5.47. The van der Waals surface area contributed by atoms with Gasteiger partial charge in [0.1, 0.15) is 5.69 Å². The zero-order chi connectivity index (χ0) is 13.6. The van der Waals surface area contributed by atoms with Crippen LogP contribution in [-0.4, -0.2) is 28.5 Å². The molecule has 2 heterocycles. The van der Waals surface area contributed by atoms with E-state index in [1.165, 1.54) is 19.3 Å². The Balaban J connectivity index is 1.83. The van der Waals surface area contributed by atoms with Crippen molar-refractivity contribution >= 4 is 11.6 Å². The van der Waals surface area contributed by atoms with E-state index in [0.717, 1.165) is 18.8 Å². The number of likely N-dealkylation sites (tertiary alicyclic amines) is 1. The summed E-state index contributed by atoms with van der Waals surface area (Å²) in [5.74, 6) is 1.34. The molecule has 0 radical (unpaired) electrons. The third-order valence-corrected chi connectivity index (χ3v) is 4.19. The number of rotatable bonds is 2. The highest BCUT2D eigenvalue weighted by Gasteiger charge is 2.31. The van der Waals surface area contributed by atoms with Crippen LogP contribution in [0.2, 0.25) is 0 Å². The van der Waals surface area contributed by atoms with Gasteiger partial charge in [-0.3, -0.25) is 4.79 Å². The Morgan fingerprint density at radius 2 is 1.89 bits per heavy atom. The summed E-state index contributed by atoms with van der Waals surface area (Å²) < 4.78 is 2.08. The van der Waals surface area contributed by atoms with Gasteiger partial charge in [0.2, 0.25) is 0 Å². The molecule has 4 heteroatoms. The Kier molecular flexibility index (Phi) is 3.03. The van der Waals surface area contributed by atoms with Crippen LogP contribution in [0.4, 0.5) is 5.69 Å². The summed E-state index contributed by atoms with van der Waals surface area (Å²) in [4.78, 5) is 14.7. The van der Waals surface area contributed by atoms with Crippen LogP contribution in [-0.2, 0) is 0 Å². The second kappa shape index (κ2) is 4.58. The largest absolute Gasteiger partial charge is 0.397 e. The number of amides is 1. The van der Waals surface area contributed by atoms with Gasteiger partial charge < -0.3 is 15.2 Å². The normalized spacial score (nSPS) is 27.6. The van der Waals surface area contributed by atoms with E-state index in [-0.39, 0.29) is 5.91 Å². The molecule has 0 bridgehead atoms. The first-order chi connectivity index (χ1) is 9.04. The molecule has 2 atom stereocenters. The van der Waals surface area contributed by atoms with Gasteiger partial charge in [-0.1, -0.05) is 13.8 Å². The average molecular weight is 261 g/mol. The van der Waals surface area contributed by atoms with Crippen molar-refractivity contribution < 1.29 is 4.79 Å². The molecular formula is C15H23N3O. The molecule has 0 spiro atoms. The van der Waals surface area contributed by atoms with Gasteiger partial charge in [-0.25, -0.2) is 0 Å². The minimum Gasteiger partial charge on any atom is -0.397 e. The van der Waals surface area contributed by atoms with Gasteiger partial charge in [0, 0.05) is 25.3 Å². The molecule has 2 unspecified atom stereocenters. The van der Waals surface area contributed by atoms with Crippen molar-refractivity contribution in [1.29, 1.82) is 0 Å². The standard InChI is InChI=1S/C15H23N3O/c1-10-5-11(2)8-17(7-10)15(19)14-6-12(16)9-18(14)13-3-4-13/h6,9-11,13H,3-5,7-8,16H2,1-2H3. The Morgan fingerprint density at radius 1 is 1.26 bits per heavy atom. The first kappa shape index (κ1) is 12.6. The Labute approximate surface area is 114 Å². The molecule has 1 saturated carbocycles. The summed E-state index contributed by atoms with van der Waals surface area (Å²) in [7, 11) is 0. The lowest BCUT2D eigenvalue weighted by atomic mass is 9.92. The molecule has 2 fully saturated rings. The first-order valence-electron chi connectivity index (χ1n) is 7.31. The van der Waals surface area contributed by atoms with Gasteiger partial charge in [0.05, 0.1) is 5.69 Å². The molecule has 1 saturated heterocycles. The van der Waals surface area contributed by atoms with Crippen molar-refractivity contribution in [1.82, 2.24) is 9.47 Å². The fraction of sp³-hybridized carbons (Fsp3) is 0.667. The number of hydrogen-bond acceptors (Lipinski definition) is 2. The van der Waals surface area contributed by atoms with Gasteiger partial charge in [0.15, 0.2) is 0 Å². The summed E-state index contributed by atoms with van der Waals surface area (Å²) >= 11 is 0. The van der Waals surface area contributed by atoms with Crippen LogP contribution in [0.25, 0.3) is 0 Å².